The molecule has 1 saturated carbocycles. The van der Waals surface area contributed by atoms with Crippen LogP contribution in [0.2, 0.25) is 0 Å². The van der Waals surface area contributed by atoms with Crippen molar-refractivity contribution < 1.29 is 19.7 Å². The molecule has 0 bridgehead atoms. The number of hydrogen-bond donors (Lipinski definition) is 3. The number of benzene rings is 1. The van der Waals surface area contributed by atoms with Crippen LogP contribution in [0.5, 0.6) is 11.5 Å². The fraction of sp³-hybridized carbons (Fsp3) is 0.682. The summed E-state index contributed by atoms with van der Waals surface area (Å²) in [5.74, 6) is 0.637. The Bertz CT molecular complexity index is 681. The van der Waals surface area contributed by atoms with Crippen LogP contribution in [0.15, 0.2) is 18.2 Å². The molecule has 0 spiro atoms. The van der Waals surface area contributed by atoms with Gasteiger partial charge in [-0.15, -0.1) is 0 Å². The fourth-order valence-corrected chi connectivity index (χ4v) is 4.89. The Hall–Kier alpha value is -1.79. The number of carbonyl (C=O) groups excluding carboxylic acids is 1. The number of nitrogens with one attached hydrogen (secondary N) is 1. The molecule has 1 aromatic carbocycles. The van der Waals surface area contributed by atoms with Crippen molar-refractivity contribution in [3.05, 3.63) is 23.8 Å². The number of carbonyl (C=O) groups is 1. The van der Waals surface area contributed by atoms with Gasteiger partial charge >= 0.3 is 0 Å². The van der Waals surface area contributed by atoms with Crippen molar-refractivity contribution in [2.24, 2.45) is 5.92 Å². The van der Waals surface area contributed by atoms with Crippen LogP contribution in [-0.4, -0.2) is 53.4 Å². The normalized spacial score (nSPS) is 27.8. The van der Waals surface area contributed by atoms with E-state index >= 15 is 0 Å². The van der Waals surface area contributed by atoms with Gasteiger partial charge in [-0.3, -0.25) is 9.69 Å². The summed E-state index contributed by atoms with van der Waals surface area (Å²) in [7, 11) is 1.54. The Morgan fingerprint density at radius 3 is 2.93 bits per heavy atom. The molecule has 1 aliphatic heterocycles. The monoisotopic (exact) mass is 390 g/mol. The highest BCUT2D eigenvalue weighted by atomic mass is 16.5. The van der Waals surface area contributed by atoms with Crippen molar-refractivity contribution in [3.63, 3.8) is 0 Å². The van der Waals surface area contributed by atoms with Gasteiger partial charge in [0.15, 0.2) is 11.5 Å². The second-order valence-corrected chi connectivity index (χ2v) is 8.26. The minimum Gasteiger partial charge on any atom is -0.504 e. The van der Waals surface area contributed by atoms with E-state index in [2.05, 4.69) is 17.1 Å². The molecule has 2 fully saturated rings. The van der Waals surface area contributed by atoms with Crippen molar-refractivity contribution in [1.29, 1.82) is 0 Å². The van der Waals surface area contributed by atoms with Crippen LogP contribution in [0.25, 0.3) is 0 Å². The highest BCUT2D eigenvalue weighted by molar-refractivity contribution is 5.78. The van der Waals surface area contributed by atoms with Gasteiger partial charge in [0.05, 0.1) is 19.3 Å². The highest BCUT2D eigenvalue weighted by Gasteiger charge is 2.49. The standard InChI is InChI=1S/C22H34N2O4/c1-3-4-12-23-20(26)15-24-13-11-22(27)10-6-5-7-17(22)21(24)16-8-9-18(25)19(14-16)28-2/h8-9,14,17,21,25,27H,3-7,10-13,15H2,1-2H3,(H,23,26)/t17-,21+,22+/m0/s1. The molecule has 3 atom stereocenters. The molecule has 156 valence electrons. The molecule has 3 N–H and O–H groups in total. The molecule has 6 heteroatoms. The minimum atomic E-state index is -0.677. The zero-order valence-electron chi connectivity index (χ0n) is 17.1. The summed E-state index contributed by atoms with van der Waals surface area (Å²) in [6.45, 7) is 3.81. The van der Waals surface area contributed by atoms with E-state index in [9.17, 15) is 15.0 Å². The van der Waals surface area contributed by atoms with Crippen molar-refractivity contribution in [1.82, 2.24) is 10.2 Å². The summed E-state index contributed by atoms with van der Waals surface area (Å²) in [6.07, 6.45) is 6.64. The molecule has 3 rings (SSSR count). The number of aliphatic hydroxyl groups is 1. The van der Waals surface area contributed by atoms with Crippen molar-refractivity contribution in [3.8, 4) is 11.5 Å². The number of piperidine rings is 1. The SMILES string of the molecule is CCCCNC(=O)CN1CC[C@]2(O)CCCC[C@H]2[C@H]1c1ccc(O)c(OC)c1. The first-order valence-electron chi connectivity index (χ1n) is 10.6. The van der Waals surface area contributed by atoms with Crippen LogP contribution in [0.4, 0.5) is 0 Å². The van der Waals surface area contributed by atoms with Gasteiger partial charge in [-0.1, -0.05) is 32.3 Å². The zero-order valence-corrected chi connectivity index (χ0v) is 17.1. The van der Waals surface area contributed by atoms with E-state index in [1.54, 1.807) is 6.07 Å². The van der Waals surface area contributed by atoms with Gasteiger partial charge in [0, 0.05) is 25.0 Å². The molecule has 0 aromatic heterocycles. The molecule has 1 amide bonds. The summed E-state index contributed by atoms with van der Waals surface area (Å²) in [4.78, 5) is 14.7. The summed E-state index contributed by atoms with van der Waals surface area (Å²) >= 11 is 0. The molecule has 0 unspecified atom stereocenters. The average molecular weight is 391 g/mol. The van der Waals surface area contributed by atoms with Gasteiger partial charge in [0.25, 0.3) is 0 Å². The highest BCUT2D eigenvalue weighted by Crippen LogP contribution is 2.49. The number of amides is 1. The Morgan fingerprint density at radius 2 is 2.18 bits per heavy atom. The third-order valence-electron chi connectivity index (χ3n) is 6.42. The lowest BCUT2D eigenvalue weighted by atomic mass is 9.66. The van der Waals surface area contributed by atoms with E-state index in [0.717, 1.165) is 44.1 Å². The van der Waals surface area contributed by atoms with E-state index in [1.165, 1.54) is 7.11 Å². The maximum Gasteiger partial charge on any atom is 0.234 e. The van der Waals surface area contributed by atoms with Crippen LogP contribution in [0.1, 0.15) is 63.5 Å². The van der Waals surface area contributed by atoms with E-state index in [4.69, 9.17) is 4.74 Å². The number of aromatic hydroxyl groups is 1. The van der Waals surface area contributed by atoms with Crippen LogP contribution in [-0.2, 0) is 4.79 Å². The maximum atomic E-state index is 12.5. The second kappa shape index (κ2) is 9.14. The lowest BCUT2D eigenvalue weighted by molar-refractivity contribution is -0.137. The number of fused-ring (bicyclic) bond motifs is 1. The third-order valence-corrected chi connectivity index (χ3v) is 6.42. The predicted octanol–water partition coefficient (Wildman–Crippen LogP) is 2.99. The number of phenols is 1. The Morgan fingerprint density at radius 1 is 1.36 bits per heavy atom. The number of nitrogens with zero attached hydrogens (tertiary/aromatic N) is 1. The van der Waals surface area contributed by atoms with Crippen molar-refractivity contribution >= 4 is 5.91 Å². The number of unbranched alkanes of at least 4 members (excludes halogenated alkanes) is 1. The summed E-state index contributed by atoms with van der Waals surface area (Å²) < 4.78 is 5.31. The quantitative estimate of drug-likeness (QED) is 0.624. The van der Waals surface area contributed by atoms with Crippen molar-refractivity contribution in [2.75, 3.05) is 26.7 Å². The summed E-state index contributed by atoms with van der Waals surface area (Å²) in [6, 6.07) is 5.32. The molecule has 1 heterocycles. The Balaban J connectivity index is 1.86. The average Bonchev–Trinajstić information content (AvgIpc) is 2.69. The third kappa shape index (κ3) is 4.44. The summed E-state index contributed by atoms with van der Waals surface area (Å²) in [5.41, 5.74) is 0.310. The van der Waals surface area contributed by atoms with E-state index < -0.39 is 5.60 Å². The van der Waals surface area contributed by atoms with Gasteiger partial charge in [0.2, 0.25) is 5.91 Å². The first-order valence-corrected chi connectivity index (χ1v) is 10.6. The fourth-order valence-electron chi connectivity index (χ4n) is 4.89. The summed E-state index contributed by atoms with van der Waals surface area (Å²) in [5, 5.41) is 24.3. The molecule has 1 aromatic rings. The smallest absolute Gasteiger partial charge is 0.234 e. The predicted molar refractivity (Wildman–Crippen MR) is 108 cm³/mol. The molecular formula is C22H34N2O4. The molecule has 0 radical (unpaired) electrons. The van der Waals surface area contributed by atoms with E-state index in [1.807, 2.05) is 12.1 Å². The Labute approximate surface area is 167 Å². The maximum absolute atomic E-state index is 12.5. The zero-order chi connectivity index (χ0) is 20.1. The van der Waals surface area contributed by atoms with Crippen molar-refractivity contribution in [2.45, 2.75) is 63.5 Å². The number of phenolic OH excluding ortho intramolecular Hbond substituents is 1. The van der Waals surface area contributed by atoms with Gasteiger partial charge in [-0.05, 0) is 43.4 Å². The number of hydrogen-bond acceptors (Lipinski definition) is 5. The lowest BCUT2D eigenvalue weighted by Gasteiger charge is -2.52. The molecule has 1 aliphatic carbocycles. The number of ether oxygens (including phenoxy) is 1. The molecular weight excluding hydrogens is 356 g/mol. The van der Waals surface area contributed by atoms with Crippen LogP contribution >= 0.6 is 0 Å². The van der Waals surface area contributed by atoms with Crippen LogP contribution in [0.3, 0.4) is 0 Å². The van der Waals surface area contributed by atoms with Crippen LogP contribution < -0.4 is 10.1 Å². The molecule has 1 saturated heterocycles. The minimum absolute atomic E-state index is 0.0328. The lowest BCUT2D eigenvalue weighted by Crippen LogP contribution is -2.56. The van der Waals surface area contributed by atoms with E-state index in [-0.39, 0.29) is 23.6 Å². The van der Waals surface area contributed by atoms with Gasteiger partial charge in [-0.25, -0.2) is 0 Å². The van der Waals surface area contributed by atoms with E-state index in [0.29, 0.717) is 31.8 Å². The topological polar surface area (TPSA) is 82.0 Å². The van der Waals surface area contributed by atoms with Gasteiger partial charge in [0.1, 0.15) is 0 Å². The first kappa shape index (κ1) is 20.9. The molecule has 28 heavy (non-hydrogen) atoms. The number of methoxy groups -OCH3 is 1. The molecule has 6 nitrogen and oxygen atoms in total. The van der Waals surface area contributed by atoms with Gasteiger partial charge in [-0.2, -0.15) is 0 Å². The Kier molecular flexibility index (Phi) is 6.83. The molecule has 2 aliphatic rings. The second-order valence-electron chi connectivity index (χ2n) is 8.26. The first-order chi connectivity index (χ1) is 13.5. The number of likely N-dealkylation sites (tertiary alicyclic amines) is 1. The number of rotatable bonds is 7. The van der Waals surface area contributed by atoms with Gasteiger partial charge < -0.3 is 20.3 Å². The van der Waals surface area contributed by atoms with Crippen LogP contribution in [0, 0.1) is 5.92 Å². The largest absolute Gasteiger partial charge is 0.504 e.